The number of nitrogens with zero attached hydrogens (tertiary/aromatic N) is 1. The number of rotatable bonds is 6. The van der Waals surface area contributed by atoms with Gasteiger partial charge in [0.1, 0.15) is 0 Å². The topological polar surface area (TPSA) is 48.0 Å². The van der Waals surface area contributed by atoms with Crippen molar-refractivity contribution in [1.29, 1.82) is 0 Å². The normalized spacial score (nSPS) is 53.1. The van der Waals surface area contributed by atoms with Crippen molar-refractivity contribution >= 4 is 5.78 Å². The van der Waals surface area contributed by atoms with Gasteiger partial charge in [0.25, 0.3) is 0 Å². The Morgan fingerprint density at radius 1 is 1.08 bits per heavy atom. The lowest BCUT2D eigenvalue weighted by molar-refractivity contribution is -0.148. The fraction of sp³-hybridized carbons (Fsp3) is 0.909. The van der Waals surface area contributed by atoms with E-state index >= 15 is 0 Å². The molecule has 2 saturated heterocycles. The quantitative estimate of drug-likeness (QED) is 0.419. The molecule has 0 amide bonds. The molecule has 5 heteroatoms. The summed E-state index contributed by atoms with van der Waals surface area (Å²) in [5.41, 5.74) is 2.53. The van der Waals surface area contributed by atoms with Crippen LogP contribution in [0, 0.1) is 45.8 Å². The summed E-state index contributed by atoms with van der Waals surface area (Å²) in [5, 5.41) is 0. The van der Waals surface area contributed by atoms with Crippen LogP contribution in [-0.4, -0.2) is 68.4 Å². The third-order valence-electron chi connectivity index (χ3n) is 13.8. The summed E-state index contributed by atoms with van der Waals surface area (Å²) in [5.74, 6) is 4.08. The smallest absolute Gasteiger partial charge is 0.155 e. The number of piperidine rings is 1. The predicted octanol–water partition coefficient (Wildman–Crippen LogP) is 5.67. The summed E-state index contributed by atoms with van der Waals surface area (Å²) in [4.78, 5) is 15.0. The van der Waals surface area contributed by atoms with Crippen molar-refractivity contribution in [2.75, 3.05) is 40.0 Å². The first-order valence-corrected chi connectivity index (χ1v) is 15.9. The van der Waals surface area contributed by atoms with E-state index in [9.17, 15) is 4.79 Å². The van der Waals surface area contributed by atoms with Gasteiger partial charge in [-0.05, 0) is 91.9 Å². The van der Waals surface area contributed by atoms with Gasteiger partial charge < -0.3 is 14.2 Å². The van der Waals surface area contributed by atoms with Crippen LogP contribution in [0.1, 0.15) is 85.5 Å². The van der Waals surface area contributed by atoms with Crippen molar-refractivity contribution in [2.45, 2.75) is 103 Å². The van der Waals surface area contributed by atoms with E-state index in [1.807, 2.05) is 0 Å². The second-order valence-electron chi connectivity index (χ2n) is 15.1. The molecule has 0 aromatic heterocycles. The maximum atomic E-state index is 12.3. The van der Waals surface area contributed by atoms with Gasteiger partial charge in [0.15, 0.2) is 5.78 Å². The standard InChI is InChI=1S/C33H51NO4/c1-21-16-28-29(34(19-21)12-13-37-15-14-36-5)22(2)33(38-28)11-9-26-25-7-6-23-17-24(35)8-10-30(23,3)27(25)18-32(26)20-31(32,33)4/h17,21-22,25-29H,6-16,18-20H2,1-5H3/t21-,22+,25-,26-,27-,28+,29-,30-,31?,32?,33+/m0/s1. The van der Waals surface area contributed by atoms with Gasteiger partial charge >= 0.3 is 0 Å². The van der Waals surface area contributed by atoms with E-state index in [1.165, 1.54) is 50.6 Å². The van der Waals surface area contributed by atoms with Crippen LogP contribution in [-0.2, 0) is 19.0 Å². The number of carbonyl (C=O) groups is 1. The third-order valence-corrected chi connectivity index (χ3v) is 13.8. The highest BCUT2D eigenvalue weighted by Gasteiger charge is 2.84. The van der Waals surface area contributed by atoms with Crippen LogP contribution in [0.25, 0.3) is 0 Å². The monoisotopic (exact) mass is 525 g/mol. The molecule has 2 spiro atoms. The number of ether oxygens (including phenoxy) is 3. The molecule has 0 N–H and O–H groups in total. The van der Waals surface area contributed by atoms with Crippen molar-refractivity contribution in [3.05, 3.63) is 11.6 Å². The zero-order valence-corrected chi connectivity index (χ0v) is 24.6. The lowest BCUT2D eigenvalue weighted by Gasteiger charge is -2.50. The molecule has 0 aromatic carbocycles. The molecule has 2 unspecified atom stereocenters. The summed E-state index contributed by atoms with van der Waals surface area (Å²) in [6.45, 7) is 14.4. The molecule has 5 nitrogen and oxygen atoms in total. The molecule has 11 atom stereocenters. The second-order valence-corrected chi connectivity index (χ2v) is 15.1. The molecule has 0 radical (unpaired) electrons. The van der Waals surface area contributed by atoms with E-state index in [2.05, 4.69) is 38.7 Å². The summed E-state index contributed by atoms with van der Waals surface area (Å²) in [7, 11) is 1.74. The van der Waals surface area contributed by atoms with Crippen LogP contribution in [0.2, 0.25) is 0 Å². The number of hydrogen-bond donors (Lipinski definition) is 0. The molecule has 7 rings (SSSR count). The Morgan fingerprint density at radius 2 is 1.92 bits per heavy atom. The number of carbonyl (C=O) groups excluding carboxylic acids is 1. The Kier molecular flexibility index (Phi) is 6.11. The van der Waals surface area contributed by atoms with E-state index in [0.717, 1.165) is 50.2 Å². The minimum absolute atomic E-state index is 0.0215. The summed E-state index contributed by atoms with van der Waals surface area (Å²) < 4.78 is 18.5. The van der Waals surface area contributed by atoms with Crippen molar-refractivity contribution in [2.24, 2.45) is 45.8 Å². The molecule has 5 aliphatic carbocycles. The molecule has 2 heterocycles. The van der Waals surface area contributed by atoms with Gasteiger partial charge in [0.05, 0.1) is 31.5 Å². The fourth-order valence-corrected chi connectivity index (χ4v) is 12.1. The lowest BCUT2D eigenvalue weighted by Crippen LogP contribution is -2.55. The fourth-order valence-electron chi connectivity index (χ4n) is 12.1. The molecule has 0 bridgehead atoms. The Labute approximate surface area is 230 Å². The van der Waals surface area contributed by atoms with Gasteiger partial charge in [-0.2, -0.15) is 0 Å². The number of methoxy groups -OCH3 is 1. The average molecular weight is 526 g/mol. The number of allylic oxidation sites excluding steroid dienone is 2. The van der Waals surface area contributed by atoms with Crippen LogP contribution in [0.3, 0.4) is 0 Å². The summed E-state index contributed by atoms with van der Waals surface area (Å²) in [6, 6.07) is 0.517. The van der Waals surface area contributed by atoms with Crippen LogP contribution >= 0.6 is 0 Å². The van der Waals surface area contributed by atoms with Crippen molar-refractivity contribution in [1.82, 2.24) is 4.90 Å². The van der Waals surface area contributed by atoms with Gasteiger partial charge in [0.2, 0.25) is 0 Å². The van der Waals surface area contributed by atoms with Gasteiger partial charge in [-0.15, -0.1) is 0 Å². The van der Waals surface area contributed by atoms with Crippen molar-refractivity contribution in [3.8, 4) is 0 Å². The summed E-state index contributed by atoms with van der Waals surface area (Å²) in [6.07, 6.45) is 13.3. The molecular weight excluding hydrogens is 474 g/mol. The van der Waals surface area contributed by atoms with E-state index < -0.39 is 0 Å². The molecule has 0 aromatic rings. The summed E-state index contributed by atoms with van der Waals surface area (Å²) >= 11 is 0. The van der Waals surface area contributed by atoms with E-state index in [-0.39, 0.29) is 11.0 Å². The van der Waals surface area contributed by atoms with Crippen LogP contribution in [0.15, 0.2) is 11.6 Å². The Bertz CT molecular complexity index is 1010. The first kappa shape index (κ1) is 26.2. The average Bonchev–Trinajstić information content (AvgIpc) is 3.22. The Balaban J connectivity index is 1.14. The number of hydrogen-bond acceptors (Lipinski definition) is 5. The minimum atomic E-state index is 0.0215. The van der Waals surface area contributed by atoms with Crippen molar-refractivity contribution < 1.29 is 19.0 Å². The van der Waals surface area contributed by atoms with E-state index in [1.54, 1.807) is 7.11 Å². The molecule has 4 saturated carbocycles. The van der Waals surface area contributed by atoms with E-state index in [0.29, 0.717) is 53.8 Å². The number of fused-ring (bicyclic) bond motifs is 6. The molecule has 2 aliphatic heterocycles. The largest absolute Gasteiger partial charge is 0.382 e. The zero-order chi connectivity index (χ0) is 26.5. The second kappa shape index (κ2) is 8.87. The van der Waals surface area contributed by atoms with Crippen molar-refractivity contribution in [3.63, 3.8) is 0 Å². The first-order valence-electron chi connectivity index (χ1n) is 15.9. The maximum absolute atomic E-state index is 12.3. The number of ketones is 1. The van der Waals surface area contributed by atoms with E-state index in [4.69, 9.17) is 14.2 Å². The van der Waals surface area contributed by atoms with Gasteiger partial charge in [0, 0.05) is 44.0 Å². The molecule has 212 valence electrons. The SMILES string of the molecule is COCCOCCN1C[C@@H](C)C[C@H]2O[C@]3(CC[C@H]4[C@@H]5CCC6=CC(=O)CC[C@]6(C)[C@H]5CC45CC53C)[C@H](C)[C@@H]21. The highest BCUT2D eigenvalue weighted by molar-refractivity contribution is 5.91. The maximum Gasteiger partial charge on any atom is 0.155 e. The minimum Gasteiger partial charge on any atom is -0.382 e. The molecule has 38 heavy (non-hydrogen) atoms. The molecular formula is C33H51NO4. The Morgan fingerprint density at radius 3 is 2.74 bits per heavy atom. The Hall–Kier alpha value is -0.750. The zero-order valence-electron chi connectivity index (χ0n) is 24.6. The molecule has 6 fully saturated rings. The highest BCUT2D eigenvalue weighted by Crippen LogP contribution is 2.87. The first-order chi connectivity index (χ1) is 18.2. The number of likely N-dealkylation sites (tertiary alicyclic amines) is 1. The van der Waals surface area contributed by atoms with Gasteiger partial charge in [-0.3, -0.25) is 9.69 Å². The predicted molar refractivity (Wildman–Crippen MR) is 148 cm³/mol. The van der Waals surface area contributed by atoms with Gasteiger partial charge in [-0.25, -0.2) is 0 Å². The van der Waals surface area contributed by atoms with Crippen LogP contribution in [0.5, 0.6) is 0 Å². The third kappa shape index (κ3) is 3.34. The van der Waals surface area contributed by atoms with Crippen LogP contribution < -0.4 is 0 Å². The van der Waals surface area contributed by atoms with Crippen LogP contribution in [0.4, 0.5) is 0 Å². The molecule has 7 aliphatic rings. The lowest BCUT2D eigenvalue weighted by atomic mass is 9.56. The highest BCUT2D eigenvalue weighted by atomic mass is 16.5. The van der Waals surface area contributed by atoms with Gasteiger partial charge in [-0.1, -0.05) is 33.3 Å².